The third-order valence-electron chi connectivity index (χ3n) is 3.11. The maximum atomic E-state index is 11.7. The Morgan fingerprint density at radius 3 is 2.83 bits per heavy atom. The van der Waals surface area contributed by atoms with Crippen molar-refractivity contribution < 1.29 is 9.53 Å². The van der Waals surface area contributed by atoms with Crippen LogP contribution < -0.4 is 0 Å². The third-order valence-corrected chi connectivity index (χ3v) is 8.18. The molecule has 6 heteroatoms. The predicted molar refractivity (Wildman–Crippen MR) is 77.4 cm³/mol. The molecular formula is C12H15NO2S3. The second-order valence-electron chi connectivity index (χ2n) is 4.39. The average Bonchev–Trinajstić information content (AvgIpc) is 2.94. The van der Waals surface area contributed by atoms with Crippen molar-refractivity contribution in [1.82, 2.24) is 4.98 Å². The number of nitrogens with zero attached hydrogens (tertiary/aromatic N) is 1. The zero-order chi connectivity index (χ0) is 12.6. The molecule has 0 spiro atoms. The summed E-state index contributed by atoms with van der Waals surface area (Å²) in [6.07, 6.45) is 4.28. The maximum absolute atomic E-state index is 11.7. The Bertz CT molecular complexity index is 450. The van der Waals surface area contributed by atoms with Crippen LogP contribution in [0, 0.1) is 5.92 Å². The van der Waals surface area contributed by atoms with Gasteiger partial charge in [-0.3, -0.25) is 0 Å². The number of hydrogen-bond donors (Lipinski definition) is 0. The van der Waals surface area contributed by atoms with E-state index in [1.54, 1.807) is 6.20 Å². The summed E-state index contributed by atoms with van der Waals surface area (Å²) in [6, 6.07) is 0. The number of rotatable bonds is 4. The first-order valence-electron chi connectivity index (χ1n) is 6.17. The van der Waals surface area contributed by atoms with Crippen molar-refractivity contribution in [2.24, 2.45) is 5.92 Å². The molecule has 0 radical (unpaired) electrons. The summed E-state index contributed by atoms with van der Waals surface area (Å²) in [4.78, 5) is 16.8. The van der Waals surface area contributed by atoms with Gasteiger partial charge < -0.3 is 4.74 Å². The summed E-state index contributed by atoms with van der Waals surface area (Å²) >= 11 is 5.54. The minimum absolute atomic E-state index is 0.134. The lowest BCUT2D eigenvalue weighted by molar-refractivity contribution is 0.0532. The van der Waals surface area contributed by atoms with Crippen molar-refractivity contribution in [3.8, 4) is 0 Å². The Hall–Kier alpha value is -0.200. The quantitative estimate of drug-likeness (QED) is 0.797. The standard InChI is InChI=1S/C12H15NO2S3/c1-2-15-10(14)9-7-13-11(18-9)12(8-3-4-8)16-5-6-17-12/h7-8H,2-6H2,1H3. The average molecular weight is 301 g/mol. The van der Waals surface area contributed by atoms with E-state index in [1.807, 2.05) is 30.4 Å². The summed E-state index contributed by atoms with van der Waals surface area (Å²) in [5.74, 6) is 2.89. The van der Waals surface area contributed by atoms with Gasteiger partial charge in [0.1, 0.15) is 14.0 Å². The second-order valence-corrected chi connectivity index (χ2v) is 8.36. The molecule has 0 bridgehead atoms. The SMILES string of the molecule is CCOC(=O)c1cnc(C2(C3CC3)SCCS2)s1. The molecule has 1 aliphatic heterocycles. The van der Waals surface area contributed by atoms with Crippen LogP contribution in [0.2, 0.25) is 0 Å². The monoisotopic (exact) mass is 301 g/mol. The molecule has 2 heterocycles. The summed E-state index contributed by atoms with van der Waals surface area (Å²) in [5, 5.41) is 1.11. The van der Waals surface area contributed by atoms with Crippen LogP contribution in [0.3, 0.4) is 0 Å². The van der Waals surface area contributed by atoms with E-state index >= 15 is 0 Å². The summed E-state index contributed by atoms with van der Waals surface area (Å²) in [7, 11) is 0. The number of thiazole rings is 1. The molecule has 1 aromatic rings. The van der Waals surface area contributed by atoms with Crippen molar-refractivity contribution in [2.75, 3.05) is 18.1 Å². The molecule has 1 saturated heterocycles. The van der Waals surface area contributed by atoms with E-state index in [4.69, 9.17) is 4.74 Å². The van der Waals surface area contributed by atoms with Gasteiger partial charge in [-0.15, -0.1) is 34.9 Å². The van der Waals surface area contributed by atoms with Gasteiger partial charge in [-0.25, -0.2) is 9.78 Å². The third kappa shape index (κ3) is 2.18. The summed E-state index contributed by atoms with van der Waals surface area (Å²) in [6.45, 7) is 2.25. The molecule has 0 atom stereocenters. The Kier molecular flexibility index (Phi) is 3.60. The molecule has 0 unspecified atom stereocenters. The van der Waals surface area contributed by atoms with Gasteiger partial charge >= 0.3 is 5.97 Å². The summed E-state index contributed by atoms with van der Waals surface area (Å²) in [5.41, 5.74) is 0. The van der Waals surface area contributed by atoms with E-state index in [2.05, 4.69) is 4.98 Å². The zero-order valence-corrected chi connectivity index (χ0v) is 12.6. The molecule has 1 aromatic heterocycles. The fraction of sp³-hybridized carbons (Fsp3) is 0.667. The molecule has 0 amide bonds. The van der Waals surface area contributed by atoms with Crippen molar-refractivity contribution in [2.45, 2.75) is 23.8 Å². The molecule has 2 aliphatic rings. The first kappa shape index (κ1) is 12.8. The Balaban J connectivity index is 1.85. The number of carbonyl (C=O) groups is 1. The number of esters is 1. The lowest BCUT2D eigenvalue weighted by atomic mass is 10.3. The van der Waals surface area contributed by atoms with Crippen molar-refractivity contribution in [3.63, 3.8) is 0 Å². The Morgan fingerprint density at radius 1 is 1.50 bits per heavy atom. The van der Waals surface area contributed by atoms with E-state index in [9.17, 15) is 4.79 Å². The number of hydrogen-bond acceptors (Lipinski definition) is 6. The molecule has 18 heavy (non-hydrogen) atoms. The minimum Gasteiger partial charge on any atom is -0.462 e. The van der Waals surface area contributed by atoms with Crippen LogP contribution in [0.1, 0.15) is 34.4 Å². The van der Waals surface area contributed by atoms with Gasteiger partial charge in [0.25, 0.3) is 0 Å². The molecular weight excluding hydrogens is 286 g/mol. The molecule has 3 nitrogen and oxygen atoms in total. The van der Waals surface area contributed by atoms with Gasteiger partial charge in [0.2, 0.25) is 0 Å². The molecule has 98 valence electrons. The second kappa shape index (κ2) is 5.06. The maximum Gasteiger partial charge on any atom is 0.349 e. The van der Waals surface area contributed by atoms with E-state index in [0.717, 1.165) is 10.9 Å². The van der Waals surface area contributed by atoms with Crippen molar-refractivity contribution >= 4 is 40.8 Å². The van der Waals surface area contributed by atoms with Gasteiger partial charge in [0, 0.05) is 11.5 Å². The fourth-order valence-corrected chi connectivity index (χ4v) is 7.03. The highest BCUT2D eigenvalue weighted by atomic mass is 32.2. The van der Waals surface area contributed by atoms with Crippen LogP contribution >= 0.6 is 34.9 Å². The topological polar surface area (TPSA) is 39.2 Å². The first-order chi connectivity index (χ1) is 8.76. The number of aromatic nitrogens is 1. The predicted octanol–water partition coefficient (Wildman–Crippen LogP) is 3.36. The highest BCUT2D eigenvalue weighted by Gasteiger charge is 2.51. The van der Waals surface area contributed by atoms with E-state index in [1.165, 1.54) is 35.7 Å². The molecule has 0 N–H and O–H groups in total. The molecule has 1 saturated carbocycles. The van der Waals surface area contributed by atoms with Crippen LogP contribution in [0.5, 0.6) is 0 Å². The van der Waals surface area contributed by atoms with Crippen LogP contribution in [0.25, 0.3) is 0 Å². The lowest BCUT2D eigenvalue weighted by Crippen LogP contribution is -2.16. The zero-order valence-electron chi connectivity index (χ0n) is 10.2. The largest absolute Gasteiger partial charge is 0.462 e. The molecule has 1 aliphatic carbocycles. The molecule has 3 rings (SSSR count). The first-order valence-corrected chi connectivity index (χ1v) is 8.96. The smallest absolute Gasteiger partial charge is 0.349 e. The van der Waals surface area contributed by atoms with E-state index in [-0.39, 0.29) is 10.0 Å². The lowest BCUT2D eigenvalue weighted by Gasteiger charge is -2.24. The van der Waals surface area contributed by atoms with Crippen molar-refractivity contribution in [1.29, 1.82) is 0 Å². The highest BCUT2D eigenvalue weighted by Crippen LogP contribution is 2.64. The van der Waals surface area contributed by atoms with Crippen LogP contribution in [-0.2, 0) is 8.82 Å². The molecule has 0 aromatic carbocycles. The Morgan fingerprint density at radius 2 is 2.22 bits per heavy atom. The fourth-order valence-electron chi connectivity index (χ4n) is 2.16. The van der Waals surface area contributed by atoms with Crippen LogP contribution in [-0.4, -0.2) is 29.1 Å². The van der Waals surface area contributed by atoms with Crippen molar-refractivity contribution in [3.05, 3.63) is 16.1 Å². The molecule has 2 fully saturated rings. The number of thioether (sulfide) groups is 2. The Labute approximate surface area is 119 Å². The normalized spacial score (nSPS) is 22.1. The van der Waals surface area contributed by atoms with Gasteiger partial charge in [0.15, 0.2) is 0 Å². The van der Waals surface area contributed by atoms with Gasteiger partial charge in [-0.2, -0.15) is 0 Å². The number of carbonyl (C=O) groups excluding carboxylic acids is 1. The number of ether oxygens (including phenoxy) is 1. The van der Waals surface area contributed by atoms with E-state index < -0.39 is 0 Å². The summed E-state index contributed by atoms with van der Waals surface area (Å²) < 4.78 is 5.17. The van der Waals surface area contributed by atoms with Crippen LogP contribution in [0.4, 0.5) is 0 Å². The van der Waals surface area contributed by atoms with Gasteiger partial charge in [-0.1, -0.05) is 0 Å². The van der Waals surface area contributed by atoms with Crippen LogP contribution in [0.15, 0.2) is 6.20 Å². The van der Waals surface area contributed by atoms with E-state index in [0.29, 0.717) is 11.5 Å². The minimum atomic E-state index is -0.236. The highest BCUT2D eigenvalue weighted by molar-refractivity contribution is 8.20. The van der Waals surface area contributed by atoms with Gasteiger partial charge in [0.05, 0.1) is 12.8 Å². The van der Waals surface area contributed by atoms with Gasteiger partial charge in [-0.05, 0) is 25.7 Å².